The van der Waals surface area contributed by atoms with Crippen LogP contribution in [0.2, 0.25) is 0 Å². The average Bonchev–Trinajstić information content (AvgIpc) is 2.71. The Morgan fingerprint density at radius 3 is 2.29 bits per heavy atom. The molecule has 2 heteroatoms. The average molecular weight is 239 g/mol. The van der Waals surface area contributed by atoms with Crippen molar-refractivity contribution in [3.05, 3.63) is 0 Å². The van der Waals surface area contributed by atoms with Crippen LogP contribution in [-0.4, -0.2) is 25.3 Å². The number of nitrogens with one attached hydrogen (secondary N) is 1. The molecule has 0 heterocycles. The van der Waals surface area contributed by atoms with Gasteiger partial charge < -0.3 is 10.1 Å². The Kier molecular flexibility index (Phi) is 4.87. The maximum atomic E-state index is 5.44. The van der Waals surface area contributed by atoms with Crippen LogP contribution >= 0.6 is 0 Å². The Bertz CT molecular complexity index is 223. The van der Waals surface area contributed by atoms with Crippen LogP contribution in [-0.2, 0) is 4.74 Å². The molecule has 2 fully saturated rings. The maximum Gasteiger partial charge on any atom is 0.0572 e. The molecule has 2 saturated carbocycles. The number of hydrogen-bond donors (Lipinski definition) is 1. The predicted octanol–water partition coefficient (Wildman–Crippen LogP) is 3.36. The van der Waals surface area contributed by atoms with Gasteiger partial charge in [-0.3, -0.25) is 0 Å². The van der Waals surface area contributed by atoms with Crippen LogP contribution in [0.5, 0.6) is 0 Å². The van der Waals surface area contributed by atoms with E-state index in [1.165, 1.54) is 44.9 Å². The molecule has 2 nitrogen and oxygen atoms in total. The molecule has 3 atom stereocenters. The van der Waals surface area contributed by atoms with E-state index in [4.69, 9.17) is 4.74 Å². The first-order valence-corrected chi connectivity index (χ1v) is 7.53. The third-order valence-corrected chi connectivity index (χ3v) is 5.21. The Labute approximate surface area is 107 Å². The third-order valence-electron chi connectivity index (χ3n) is 5.21. The monoisotopic (exact) mass is 239 g/mol. The van der Waals surface area contributed by atoms with Gasteiger partial charge in [0.25, 0.3) is 0 Å². The first-order chi connectivity index (χ1) is 8.24. The smallest absolute Gasteiger partial charge is 0.0572 e. The summed E-state index contributed by atoms with van der Waals surface area (Å²) in [6.07, 6.45) is 9.80. The van der Waals surface area contributed by atoms with E-state index in [-0.39, 0.29) is 0 Å². The second-order valence-electron chi connectivity index (χ2n) is 6.09. The summed E-state index contributed by atoms with van der Waals surface area (Å²) in [4.78, 5) is 0. The second kappa shape index (κ2) is 6.19. The lowest BCUT2D eigenvalue weighted by Gasteiger charge is -2.32. The number of methoxy groups -OCH3 is 1. The lowest BCUT2D eigenvalue weighted by Crippen LogP contribution is -2.43. The van der Waals surface area contributed by atoms with Crippen molar-refractivity contribution in [3.8, 4) is 0 Å². The SMILES string of the molecule is CCC1CCC(NC2CCC(OC)CC2)C1C. The minimum atomic E-state index is 0.525. The molecular formula is C15H29NO. The predicted molar refractivity (Wildman–Crippen MR) is 72.2 cm³/mol. The molecule has 0 bridgehead atoms. The highest BCUT2D eigenvalue weighted by Gasteiger charge is 2.33. The van der Waals surface area contributed by atoms with Crippen molar-refractivity contribution in [3.63, 3.8) is 0 Å². The van der Waals surface area contributed by atoms with E-state index in [0.717, 1.165) is 23.9 Å². The van der Waals surface area contributed by atoms with Gasteiger partial charge in [-0.25, -0.2) is 0 Å². The van der Waals surface area contributed by atoms with E-state index in [0.29, 0.717) is 6.10 Å². The van der Waals surface area contributed by atoms with Crippen molar-refractivity contribution in [1.29, 1.82) is 0 Å². The van der Waals surface area contributed by atoms with Gasteiger partial charge in [0.05, 0.1) is 6.10 Å². The van der Waals surface area contributed by atoms with E-state index in [9.17, 15) is 0 Å². The lowest BCUT2D eigenvalue weighted by atomic mass is 9.90. The lowest BCUT2D eigenvalue weighted by molar-refractivity contribution is 0.0603. The molecule has 1 N–H and O–H groups in total. The molecular weight excluding hydrogens is 210 g/mol. The van der Waals surface area contributed by atoms with Gasteiger partial charge in [0.2, 0.25) is 0 Å². The maximum absolute atomic E-state index is 5.44. The Hall–Kier alpha value is -0.0800. The zero-order valence-corrected chi connectivity index (χ0v) is 11.7. The normalized spacial score (nSPS) is 42.9. The standard InChI is InChI=1S/C15H29NO/c1-4-12-5-10-15(11(12)2)16-13-6-8-14(17-3)9-7-13/h11-16H,4-10H2,1-3H3. The van der Waals surface area contributed by atoms with Crippen LogP contribution < -0.4 is 5.32 Å². The highest BCUT2D eigenvalue weighted by molar-refractivity contribution is 4.89. The molecule has 2 aliphatic rings. The van der Waals surface area contributed by atoms with Crippen molar-refractivity contribution in [2.45, 2.75) is 77.0 Å². The van der Waals surface area contributed by atoms with Crippen molar-refractivity contribution in [1.82, 2.24) is 5.32 Å². The summed E-state index contributed by atoms with van der Waals surface area (Å²) >= 11 is 0. The highest BCUT2D eigenvalue weighted by Crippen LogP contribution is 2.35. The minimum Gasteiger partial charge on any atom is -0.381 e. The minimum absolute atomic E-state index is 0.525. The van der Waals surface area contributed by atoms with E-state index >= 15 is 0 Å². The summed E-state index contributed by atoms with van der Waals surface area (Å²) in [6.45, 7) is 4.78. The van der Waals surface area contributed by atoms with Crippen LogP contribution in [0, 0.1) is 11.8 Å². The summed E-state index contributed by atoms with van der Waals surface area (Å²) in [7, 11) is 1.85. The molecule has 3 unspecified atom stereocenters. The summed E-state index contributed by atoms with van der Waals surface area (Å²) in [5.74, 6) is 1.84. The van der Waals surface area contributed by atoms with E-state index in [1.54, 1.807) is 0 Å². The number of rotatable bonds is 4. The van der Waals surface area contributed by atoms with Gasteiger partial charge in [0.1, 0.15) is 0 Å². The fraction of sp³-hybridized carbons (Fsp3) is 1.00. The summed E-state index contributed by atoms with van der Waals surface area (Å²) < 4.78 is 5.44. The fourth-order valence-electron chi connectivity index (χ4n) is 3.83. The molecule has 0 aliphatic heterocycles. The van der Waals surface area contributed by atoms with Crippen molar-refractivity contribution >= 4 is 0 Å². The molecule has 2 aliphatic carbocycles. The molecule has 0 aromatic rings. The van der Waals surface area contributed by atoms with Crippen LogP contribution in [0.3, 0.4) is 0 Å². The number of ether oxygens (including phenoxy) is 1. The van der Waals surface area contributed by atoms with Crippen molar-refractivity contribution in [2.75, 3.05) is 7.11 Å². The zero-order valence-electron chi connectivity index (χ0n) is 11.7. The molecule has 0 saturated heterocycles. The Morgan fingerprint density at radius 1 is 1.06 bits per heavy atom. The van der Waals surface area contributed by atoms with Gasteiger partial charge in [-0.15, -0.1) is 0 Å². The molecule has 0 spiro atoms. The van der Waals surface area contributed by atoms with Gasteiger partial charge in [0.15, 0.2) is 0 Å². The molecule has 100 valence electrons. The van der Waals surface area contributed by atoms with Gasteiger partial charge >= 0.3 is 0 Å². The molecule has 0 aromatic heterocycles. The fourth-order valence-corrected chi connectivity index (χ4v) is 3.83. The van der Waals surface area contributed by atoms with Crippen LogP contribution in [0.4, 0.5) is 0 Å². The van der Waals surface area contributed by atoms with Crippen LogP contribution in [0.15, 0.2) is 0 Å². The van der Waals surface area contributed by atoms with E-state index in [2.05, 4.69) is 19.2 Å². The molecule has 0 radical (unpaired) electrons. The quantitative estimate of drug-likeness (QED) is 0.812. The molecule has 0 aromatic carbocycles. The topological polar surface area (TPSA) is 21.3 Å². The summed E-state index contributed by atoms with van der Waals surface area (Å²) in [5.41, 5.74) is 0. The van der Waals surface area contributed by atoms with Gasteiger partial charge in [0, 0.05) is 19.2 Å². The Balaban J connectivity index is 1.75. The molecule has 2 rings (SSSR count). The second-order valence-corrected chi connectivity index (χ2v) is 6.09. The zero-order chi connectivity index (χ0) is 12.3. The largest absolute Gasteiger partial charge is 0.381 e. The summed E-state index contributed by atoms with van der Waals surface area (Å²) in [6, 6.07) is 1.54. The molecule has 17 heavy (non-hydrogen) atoms. The third kappa shape index (κ3) is 3.23. The van der Waals surface area contributed by atoms with Gasteiger partial charge in [-0.1, -0.05) is 20.3 Å². The Morgan fingerprint density at radius 2 is 1.76 bits per heavy atom. The van der Waals surface area contributed by atoms with Crippen molar-refractivity contribution in [2.24, 2.45) is 11.8 Å². The van der Waals surface area contributed by atoms with E-state index < -0.39 is 0 Å². The number of hydrogen-bond acceptors (Lipinski definition) is 2. The highest BCUT2D eigenvalue weighted by atomic mass is 16.5. The van der Waals surface area contributed by atoms with Crippen molar-refractivity contribution < 1.29 is 4.74 Å². The van der Waals surface area contributed by atoms with Gasteiger partial charge in [-0.05, 0) is 50.4 Å². The van der Waals surface area contributed by atoms with Crippen LogP contribution in [0.25, 0.3) is 0 Å². The summed E-state index contributed by atoms with van der Waals surface area (Å²) in [5, 5.41) is 3.92. The van der Waals surface area contributed by atoms with Crippen LogP contribution in [0.1, 0.15) is 58.8 Å². The van der Waals surface area contributed by atoms with E-state index in [1.807, 2.05) is 7.11 Å². The first-order valence-electron chi connectivity index (χ1n) is 7.53. The van der Waals surface area contributed by atoms with Gasteiger partial charge in [-0.2, -0.15) is 0 Å². The molecule has 0 amide bonds. The first kappa shape index (κ1) is 13.4.